The van der Waals surface area contributed by atoms with Gasteiger partial charge in [-0.05, 0) is 38.1 Å². The third kappa shape index (κ3) is 6.46. The van der Waals surface area contributed by atoms with Crippen LogP contribution >= 0.6 is 0 Å². The first-order valence-electron chi connectivity index (χ1n) is 6.82. The van der Waals surface area contributed by atoms with Gasteiger partial charge in [-0.15, -0.1) is 0 Å². The van der Waals surface area contributed by atoms with E-state index in [1.807, 2.05) is 0 Å². The van der Waals surface area contributed by atoms with Crippen LogP contribution in [0.2, 0.25) is 0 Å². The van der Waals surface area contributed by atoms with Crippen molar-refractivity contribution in [1.29, 1.82) is 0 Å². The molecule has 0 saturated heterocycles. The lowest BCUT2D eigenvalue weighted by atomic mass is 10.00. The number of aliphatic hydroxyl groups is 2. The molecule has 0 radical (unpaired) electrons. The van der Waals surface area contributed by atoms with Gasteiger partial charge < -0.3 is 15.5 Å². The van der Waals surface area contributed by atoms with Gasteiger partial charge in [0.1, 0.15) is 0 Å². The number of unbranched alkanes of at least 4 members (excludes halogenated alkanes) is 2. The summed E-state index contributed by atoms with van der Waals surface area (Å²) in [4.78, 5) is 0. The van der Waals surface area contributed by atoms with Gasteiger partial charge in [-0.2, -0.15) is 0 Å². The molecule has 1 atom stereocenters. The first-order chi connectivity index (χ1) is 7.83. The molecule has 0 spiro atoms. The van der Waals surface area contributed by atoms with Gasteiger partial charge in [0.15, 0.2) is 0 Å². The smallest absolute Gasteiger partial charge is 0.0667 e. The zero-order valence-electron chi connectivity index (χ0n) is 10.3. The van der Waals surface area contributed by atoms with E-state index >= 15 is 0 Å². The average Bonchev–Trinajstić information content (AvgIpc) is 2.76. The van der Waals surface area contributed by atoms with Gasteiger partial charge in [0, 0.05) is 13.2 Å². The van der Waals surface area contributed by atoms with Gasteiger partial charge in [-0.25, -0.2) is 0 Å². The van der Waals surface area contributed by atoms with E-state index in [9.17, 15) is 5.11 Å². The second kappa shape index (κ2) is 8.97. The highest BCUT2D eigenvalue weighted by Gasteiger charge is 2.18. The van der Waals surface area contributed by atoms with E-state index < -0.39 is 0 Å². The predicted molar refractivity (Wildman–Crippen MR) is 66.4 cm³/mol. The maximum Gasteiger partial charge on any atom is 0.0667 e. The minimum absolute atomic E-state index is 0.166. The van der Waals surface area contributed by atoms with Crippen LogP contribution in [0.3, 0.4) is 0 Å². The molecule has 1 fully saturated rings. The minimum Gasteiger partial charge on any atom is -0.396 e. The summed E-state index contributed by atoms with van der Waals surface area (Å²) < 4.78 is 0. The molecule has 16 heavy (non-hydrogen) atoms. The Hall–Kier alpha value is -0.120. The molecule has 3 nitrogen and oxygen atoms in total. The molecular weight excluding hydrogens is 202 g/mol. The Balaban J connectivity index is 1.87. The molecule has 0 bridgehead atoms. The van der Waals surface area contributed by atoms with E-state index in [4.69, 9.17) is 5.11 Å². The molecule has 1 saturated carbocycles. The Morgan fingerprint density at radius 3 is 2.56 bits per heavy atom. The van der Waals surface area contributed by atoms with E-state index in [0.717, 1.165) is 44.7 Å². The third-order valence-corrected chi connectivity index (χ3v) is 3.47. The number of hydrogen-bond acceptors (Lipinski definition) is 3. The monoisotopic (exact) mass is 229 g/mol. The van der Waals surface area contributed by atoms with Crippen molar-refractivity contribution in [3.8, 4) is 0 Å². The van der Waals surface area contributed by atoms with Crippen LogP contribution in [0.4, 0.5) is 0 Å². The maximum absolute atomic E-state index is 9.81. The third-order valence-electron chi connectivity index (χ3n) is 3.47. The first kappa shape index (κ1) is 13.9. The lowest BCUT2D eigenvalue weighted by Gasteiger charge is -2.15. The quantitative estimate of drug-likeness (QED) is 0.527. The SMILES string of the molecule is OCCCCCNCC(O)CC1CCCC1. The van der Waals surface area contributed by atoms with Crippen molar-refractivity contribution in [2.24, 2.45) is 5.92 Å². The number of aliphatic hydroxyl groups excluding tert-OH is 2. The van der Waals surface area contributed by atoms with E-state index in [0.29, 0.717) is 6.61 Å². The molecule has 0 aromatic carbocycles. The number of rotatable bonds is 9. The van der Waals surface area contributed by atoms with Crippen LogP contribution in [0, 0.1) is 5.92 Å². The highest BCUT2D eigenvalue weighted by molar-refractivity contribution is 4.72. The molecule has 1 unspecified atom stereocenters. The molecule has 96 valence electrons. The summed E-state index contributed by atoms with van der Waals surface area (Å²) in [6.45, 7) is 1.99. The van der Waals surface area contributed by atoms with Gasteiger partial charge in [-0.3, -0.25) is 0 Å². The fourth-order valence-electron chi connectivity index (χ4n) is 2.52. The molecule has 0 aliphatic heterocycles. The Labute approximate surface area is 99.3 Å². The molecule has 3 N–H and O–H groups in total. The standard InChI is InChI=1S/C13H27NO2/c15-9-5-1-4-8-14-11-13(16)10-12-6-2-3-7-12/h12-16H,1-11H2. The zero-order valence-corrected chi connectivity index (χ0v) is 10.3. The van der Waals surface area contributed by atoms with Crippen molar-refractivity contribution in [3.05, 3.63) is 0 Å². The van der Waals surface area contributed by atoms with Crippen molar-refractivity contribution in [2.45, 2.75) is 57.5 Å². The van der Waals surface area contributed by atoms with Gasteiger partial charge in [0.2, 0.25) is 0 Å². The van der Waals surface area contributed by atoms with Crippen LogP contribution in [-0.2, 0) is 0 Å². The van der Waals surface area contributed by atoms with Crippen molar-refractivity contribution in [1.82, 2.24) is 5.32 Å². The van der Waals surface area contributed by atoms with Crippen molar-refractivity contribution in [2.75, 3.05) is 19.7 Å². The van der Waals surface area contributed by atoms with Crippen LogP contribution in [0.25, 0.3) is 0 Å². The fourth-order valence-corrected chi connectivity index (χ4v) is 2.52. The molecule has 1 rings (SSSR count). The first-order valence-corrected chi connectivity index (χ1v) is 6.82. The second-order valence-electron chi connectivity index (χ2n) is 5.03. The normalized spacial score (nSPS) is 19.1. The van der Waals surface area contributed by atoms with Gasteiger partial charge in [0.25, 0.3) is 0 Å². The lowest BCUT2D eigenvalue weighted by Crippen LogP contribution is -2.29. The fraction of sp³-hybridized carbons (Fsp3) is 1.00. The molecule has 3 heteroatoms. The lowest BCUT2D eigenvalue weighted by molar-refractivity contribution is 0.140. The van der Waals surface area contributed by atoms with Crippen molar-refractivity contribution >= 4 is 0 Å². The summed E-state index contributed by atoms with van der Waals surface area (Å²) in [5, 5.41) is 21.7. The number of nitrogens with one attached hydrogen (secondary N) is 1. The summed E-state index contributed by atoms with van der Waals surface area (Å²) in [7, 11) is 0. The summed E-state index contributed by atoms with van der Waals surface area (Å²) in [6, 6.07) is 0. The molecule has 0 aromatic rings. The minimum atomic E-state index is -0.166. The molecule has 0 heterocycles. The average molecular weight is 229 g/mol. The molecule has 1 aliphatic rings. The largest absolute Gasteiger partial charge is 0.396 e. The molecule has 0 aromatic heterocycles. The topological polar surface area (TPSA) is 52.5 Å². The highest BCUT2D eigenvalue weighted by atomic mass is 16.3. The Morgan fingerprint density at radius 2 is 1.88 bits per heavy atom. The highest BCUT2D eigenvalue weighted by Crippen LogP contribution is 2.28. The van der Waals surface area contributed by atoms with Gasteiger partial charge >= 0.3 is 0 Å². The van der Waals surface area contributed by atoms with Crippen molar-refractivity contribution in [3.63, 3.8) is 0 Å². The summed E-state index contributed by atoms with van der Waals surface area (Å²) in [5.41, 5.74) is 0. The van der Waals surface area contributed by atoms with Crippen molar-refractivity contribution < 1.29 is 10.2 Å². The summed E-state index contributed by atoms with van der Waals surface area (Å²) in [5.74, 6) is 0.770. The van der Waals surface area contributed by atoms with E-state index in [1.54, 1.807) is 0 Å². The Morgan fingerprint density at radius 1 is 1.12 bits per heavy atom. The Bertz CT molecular complexity index is 158. The zero-order chi connectivity index (χ0) is 11.6. The van der Waals surface area contributed by atoms with Crippen LogP contribution in [0.1, 0.15) is 51.4 Å². The predicted octanol–water partition coefficient (Wildman–Crippen LogP) is 1.68. The summed E-state index contributed by atoms with van der Waals surface area (Å²) >= 11 is 0. The van der Waals surface area contributed by atoms with Crippen LogP contribution in [-0.4, -0.2) is 36.0 Å². The van der Waals surface area contributed by atoms with Gasteiger partial charge in [0.05, 0.1) is 6.10 Å². The second-order valence-corrected chi connectivity index (χ2v) is 5.03. The van der Waals surface area contributed by atoms with Gasteiger partial charge in [-0.1, -0.05) is 25.7 Å². The molecule has 0 amide bonds. The van der Waals surface area contributed by atoms with Crippen LogP contribution < -0.4 is 5.32 Å². The molecular formula is C13H27NO2. The van der Waals surface area contributed by atoms with E-state index in [-0.39, 0.29) is 6.10 Å². The Kier molecular flexibility index (Phi) is 7.81. The van der Waals surface area contributed by atoms with E-state index in [1.165, 1.54) is 25.7 Å². The summed E-state index contributed by atoms with van der Waals surface area (Å²) in [6.07, 6.45) is 9.20. The van der Waals surface area contributed by atoms with E-state index in [2.05, 4.69) is 5.32 Å². The van der Waals surface area contributed by atoms with Crippen LogP contribution in [0.15, 0.2) is 0 Å². The molecule has 1 aliphatic carbocycles. The number of hydrogen-bond donors (Lipinski definition) is 3. The maximum atomic E-state index is 9.81. The van der Waals surface area contributed by atoms with Crippen LogP contribution in [0.5, 0.6) is 0 Å².